The van der Waals surface area contributed by atoms with Gasteiger partial charge in [0.15, 0.2) is 0 Å². The fourth-order valence-electron chi connectivity index (χ4n) is 4.16. The summed E-state index contributed by atoms with van der Waals surface area (Å²) >= 11 is 0. The Hall–Kier alpha value is -1.62. The average molecular weight is 418 g/mol. The van der Waals surface area contributed by atoms with Gasteiger partial charge in [-0.2, -0.15) is 0 Å². The molecule has 1 atom stereocenters. The van der Waals surface area contributed by atoms with Gasteiger partial charge in [-0.25, -0.2) is 4.98 Å². The van der Waals surface area contributed by atoms with Crippen molar-refractivity contribution in [1.82, 2.24) is 14.5 Å². The van der Waals surface area contributed by atoms with E-state index in [0.29, 0.717) is 12.0 Å². The molecule has 2 aliphatic heterocycles. The average Bonchev–Trinajstić information content (AvgIpc) is 3.18. The molecule has 0 bridgehead atoms. The Morgan fingerprint density at radius 1 is 1.13 bits per heavy atom. The number of aliphatic imine (C=N–C) groups is 1. The zero-order valence-corrected chi connectivity index (χ0v) is 21.1. The smallest absolute Gasteiger partial charge is 0.111 e. The molecule has 172 valence electrons. The summed E-state index contributed by atoms with van der Waals surface area (Å²) in [5.41, 5.74) is 9.33. The lowest BCUT2D eigenvalue weighted by atomic mass is 9.86. The number of rotatable bonds is 3. The van der Waals surface area contributed by atoms with Crippen molar-refractivity contribution in [3.8, 4) is 0 Å². The molecule has 2 aliphatic rings. The van der Waals surface area contributed by atoms with Gasteiger partial charge in [0.1, 0.15) is 5.82 Å². The summed E-state index contributed by atoms with van der Waals surface area (Å²) < 4.78 is 2.43. The summed E-state index contributed by atoms with van der Waals surface area (Å²) in [6.45, 7) is 20.8. The molecule has 0 radical (unpaired) electrons. The highest BCUT2D eigenvalue weighted by molar-refractivity contribution is 6.02. The zero-order chi connectivity index (χ0) is 22.8. The predicted molar refractivity (Wildman–Crippen MR) is 131 cm³/mol. The Balaban J connectivity index is 0.000000280. The molecule has 1 unspecified atom stereocenters. The van der Waals surface area contributed by atoms with E-state index in [9.17, 15) is 0 Å². The van der Waals surface area contributed by atoms with Gasteiger partial charge >= 0.3 is 0 Å². The minimum Gasteiger partial charge on any atom is -0.404 e. The first kappa shape index (κ1) is 26.4. The second kappa shape index (κ2) is 12.9. The summed E-state index contributed by atoms with van der Waals surface area (Å²) in [5, 5.41) is 0. The van der Waals surface area contributed by atoms with E-state index in [1.54, 1.807) is 6.20 Å². The third-order valence-corrected chi connectivity index (χ3v) is 6.22. The maximum absolute atomic E-state index is 5.53. The van der Waals surface area contributed by atoms with Gasteiger partial charge in [-0.1, -0.05) is 41.5 Å². The number of imidazole rings is 1. The van der Waals surface area contributed by atoms with E-state index in [4.69, 9.17) is 5.73 Å². The number of nitrogens with zero attached hydrogens (tertiary/aromatic N) is 4. The second-order valence-electron chi connectivity index (χ2n) is 9.09. The van der Waals surface area contributed by atoms with Crippen LogP contribution >= 0.6 is 0 Å². The molecule has 0 aromatic carbocycles. The standard InChI is InChI=1S/C13H22N2.C10H19N3.C2H6/c1-9(2)11-5-6-15-12(7-11)8-14-13(15)10(3)4;1-8(2)13-5-4-9(6-11)10(7-13)12-3;1-2/h8-11H,5-7H2,1-4H3;6,8H,4-5,7,11H2,1-3H3;1-2H3/b;9-6-,12-10?;. The SMILES string of the molecule is CC.CC(C)c1ncc2n1CCC(C(C)C)C2.CN=C1CN(C(C)C)CC/C1=C/N. The molecule has 3 rings (SSSR count). The van der Waals surface area contributed by atoms with Crippen molar-refractivity contribution >= 4 is 5.71 Å². The lowest BCUT2D eigenvalue weighted by Crippen LogP contribution is -2.41. The third-order valence-electron chi connectivity index (χ3n) is 6.22. The van der Waals surface area contributed by atoms with Crippen molar-refractivity contribution in [2.24, 2.45) is 22.6 Å². The normalized spacial score (nSPS) is 22.1. The van der Waals surface area contributed by atoms with Gasteiger partial charge in [0.25, 0.3) is 0 Å². The number of piperidine rings is 1. The molecule has 1 saturated heterocycles. The maximum Gasteiger partial charge on any atom is 0.111 e. The van der Waals surface area contributed by atoms with E-state index in [0.717, 1.165) is 37.1 Å². The van der Waals surface area contributed by atoms with Gasteiger partial charge in [-0.05, 0) is 56.7 Å². The molecule has 5 heteroatoms. The fourth-order valence-corrected chi connectivity index (χ4v) is 4.16. The van der Waals surface area contributed by atoms with Crippen LogP contribution in [0.2, 0.25) is 0 Å². The fraction of sp³-hybridized carbons (Fsp3) is 0.760. The molecule has 3 heterocycles. The molecule has 1 aromatic rings. The minimum absolute atomic E-state index is 0.550. The summed E-state index contributed by atoms with van der Waals surface area (Å²) in [5.74, 6) is 3.48. The quantitative estimate of drug-likeness (QED) is 0.729. The van der Waals surface area contributed by atoms with Crippen LogP contribution in [0, 0.1) is 11.8 Å². The van der Waals surface area contributed by atoms with Crippen LogP contribution < -0.4 is 5.73 Å². The van der Waals surface area contributed by atoms with E-state index in [-0.39, 0.29) is 0 Å². The van der Waals surface area contributed by atoms with E-state index >= 15 is 0 Å². The second-order valence-corrected chi connectivity index (χ2v) is 9.09. The highest BCUT2D eigenvalue weighted by Gasteiger charge is 2.24. The number of nitrogens with two attached hydrogens (primary N) is 1. The first-order valence-corrected chi connectivity index (χ1v) is 11.9. The van der Waals surface area contributed by atoms with Gasteiger partial charge in [-0.3, -0.25) is 9.89 Å². The van der Waals surface area contributed by atoms with E-state index < -0.39 is 0 Å². The predicted octanol–water partition coefficient (Wildman–Crippen LogP) is 5.27. The lowest BCUT2D eigenvalue weighted by molar-refractivity contribution is 0.248. The number of aromatic nitrogens is 2. The Labute approximate surface area is 185 Å². The van der Waals surface area contributed by atoms with Gasteiger partial charge < -0.3 is 10.3 Å². The van der Waals surface area contributed by atoms with Crippen molar-refractivity contribution in [2.45, 2.75) is 93.2 Å². The number of fused-ring (bicyclic) bond motifs is 1. The third kappa shape index (κ3) is 6.97. The van der Waals surface area contributed by atoms with E-state index in [1.807, 2.05) is 20.9 Å². The Bertz CT molecular complexity index is 682. The van der Waals surface area contributed by atoms with Gasteiger partial charge in [-0.15, -0.1) is 0 Å². The summed E-state index contributed by atoms with van der Waals surface area (Å²) in [7, 11) is 1.84. The highest BCUT2D eigenvalue weighted by atomic mass is 15.2. The molecule has 0 amide bonds. The largest absolute Gasteiger partial charge is 0.404 e. The van der Waals surface area contributed by atoms with Crippen LogP contribution in [0.3, 0.4) is 0 Å². The van der Waals surface area contributed by atoms with Crippen LogP contribution in [0.1, 0.15) is 85.7 Å². The van der Waals surface area contributed by atoms with E-state index in [2.05, 4.69) is 67.2 Å². The molecular formula is C25H47N5. The molecule has 0 aliphatic carbocycles. The Morgan fingerprint density at radius 3 is 2.30 bits per heavy atom. The zero-order valence-electron chi connectivity index (χ0n) is 21.1. The molecule has 2 N–H and O–H groups in total. The first-order valence-electron chi connectivity index (χ1n) is 11.9. The van der Waals surface area contributed by atoms with Crippen molar-refractivity contribution < 1.29 is 0 Å². The van der Waals surface area contributed by atoms with Gasteiger partial charge in [0, 0.05) is 50.5 Å². The van der Waals surface area contributed by atoms with Crippen molar-refractivity contribution in [3.05, 3.63) is 29.5 Å². The van der Waals surface area contributed by atoms with Crippen LogP contribution in [-0.4, -0.2) is 46.3 Å². The number of hydrogen-bond donors (Lipinski definition) is 1. The summed E-state index contributed by atoms with van der Waals surface area (Å²) in [4.78, 5) is 11.2. The molecule has 0 saturated carbocycles. The molecular weight excluding hydrogens is 370 g/mol. The van der Waals surface area contributed by atoms with Crippen molar-refractivity contribution in [3.63, 3.8) is 0 Å². The Morgan fingerprint density at radius 2 is 1.80 bits per heavy atom. The van der Waals surface area contributed by atoms with Crippen LogP contribution in [-0.2, 0) is 13.0 Å². The summed E-state index contributed by atoms with van der Waals surface area (Å²) in [6, 6.07) is 0.594. The Kier molecular flexibility index (Phi) is 11.4. The number of hydrogen-bond acceptors (Lipinski definition) is 4. The molecule has 30 heavy (non-hydrogen) atoms. The van der Waals surface area contributed by atoms with Crippen LogP contribution in [0.5, 0.6) is 0 Å². The van der Waals surface area contributed by atoms with Crippen LogP contribution in [0.4, 0.5) is 0 Å². The van der Waals surface area contributed by atoms with Gasteiger partial charge in [0.05, 0.1) is 5.71 Å². The molecule has 1 aromatic heterocycles. The molecule has 0 spiro atoms. The molecule has 5 nitrogen and oxygen atoms in total. The highest BCUT2D eigenvalue weighted by Crippen LogP contribution is 2.29. The van der Waals surface area contributed by atoms with Crippen LogP contribution in [0.25, 0.3) is 0 Å². The summed E-state index contributed by atoms with van der Waals surface area (Å²) in [6.07, 6.45) is 7.35. The minimum atomic E-state index is 0.550. The number of likely N-dealkylation sites (tertiary alicyclic amines) is 1. The lowest BCUT2D eigenvalue weighted by Gasteiger charge is -2.32. The van der Waals surface area contributed by atoms with Gasteiger partial charge in [0.2, 0.25) is 0 Å². The van der Waals surface area contributed by atoms with E-state index in [1.165, 1.54) is 36.5 Å². The maximum atomic E-state index is 5.53. The molecule has 1 fully saturated rings. The van der Waals surface area contributed by atoms with Crippen molar-refractivity contribution in [2.75, 3.05) is 20.1 Å². The first-order chi connectivity index (χ1) is 14.3. The van der Waals surface area contributed by atoms with Crippen molar-refractivity contribution in [1.29, 1.82) is 0 Å². The van der Waals surface area contributed by atoms with Crippen LogP contribution in [0.15, 0.2) is 23.0 Å². The topological polar surface area (TPSA) is 59.4 Å². The monoisotopic (exact) mass is 417 g/mol.